The zero-order valence-electron chi connectivity index (χ0n) is 17.3. The summed E-state index contributed by atoms with van der Waals surface area (Å²) < 4.78 is 7.65. The Bertz CT molecular complexity index is 1220. The van der Waals surface area contributed by atoms with Crippen molar-refractivity contribution in [3.05, 3.63) is 73.1 Å². The Kier molecular flexibility index (Phi) is 5.68. The molecule has 4 aromatic rings. The van der Waals surface area contributed by atoms with Crippen LogP contribution in [0.5, 0.6) is 5.75 Å². The summed E-state index contributed by atoms with van der Waals surface area (Å²) in [6.07, 6.45) is 5.17. The first-order chi connectivity index (χ1) is 15.7. The molecule has 7 nitrogen and oxygen atoms in total. The van der Waals surface area contributed by atoms with Crippen LogP contribution in [-0.2, 0) is 9.59 Å². The van der Waals surface area contributed by atoms with Crippen molar-refractivity contribution in [2.45, 2.75) is 24.0 Å². The molecule has 1 N–H and O–H groups in total. The van der Waals surface area contributed by atoms with Crippen molar-refractivity contribution < 1.29 is 14.3 Å². The summed E-state index contributed by atoms with van der Waals surface area (Å²) >= 11 is 1.35. The van der Waals surface area contributed by atoms with Gasteiger partial charge < -0.3 is 19.2 Å². The Balaban J connectivity index is 1.25. The number of nitrogens with one attached hydrogen (secondary N) is 1. The molecule has 1 aliphatic heterocycles. The highest BCUT2D eigenvalue weighted by Crippen LogP contribution is 2.27. The van der Waals surface area contributed by atoms with Crippen LogP contribution in [0.25, 0.3) is 16.7 Å². The molecule has 1 fully saturated rings. The summed E-state index contributed by atoms with van der Waals surface area (Å²) in [5.74, 6) is 0.200. The van der Waals surface area contributed by atoms with Crippen LogP contribution in [0.3, 0.4) is 0 Å². The monoisotopic (exact) mass is 446 g/mol. The number of benzene rings is 2. The number of amides is 1. The minimum absolute atomic E-state index is 0.0893. The van der Waals surface area contributed by atoms with Gasteiger partial charge in [-0.3, -0.25) is 4.79 Å². The maximum atomic E-state index is 13.0. The first-order valence-electron chi connectivity index (χ1n) is 10.5. The normalized spacial score (nSPS) is 15.9. The summed E-state index contributed by atoms with van der Waals surface area (Å²) in [4.78, 5) is 35.2. The van der Waals surface area contributed by atoms with Gasteiger partial charge in [-0.05, 0) is 49.2 Å². The summed E-state index contributed by atoms with van der Waals surface area (Å²) in [7, 11) is 0. The van der Waals surface area contributed by atoms with E-state index in [0.29, 0.717) is 23.9 Å². The van der Waals surface area contributed by atoms with Crippen LogP contribution in [0, 0.1) is 0 Å². The third-order valence-electron chi connectivity index (χ3n) is 5.50. The number of imidazole rings is 1. The number of carbonyl (C=O) groups excluding carboxylic acids is 2. The van der Waals surface area contributed by atoms with Gasteiger partial charge in [-0.25, -0.2) is 9.78 Å². The van der Waals surface area contributed by atoms with E-state index in [1.807, 2.05) is 71.6 Å². The van der Waals surface area contributed by atoms with Crippen molar-refractivity contribution in [2.75, 3.05) is 12.3 Å². The molecule has 0 radical (unpaired) electrons. The van der Waals surface area contributed by atoms with Crippen LogP contribution in [0.15, 0.2) is 78.2 Å². The lowest BCUT2D eigenvalue weighted by Crippen LogP contribution is -2.43. The summed E-state index contributed by atoms with van der Waals surface area (Å²) in [6.45, 7) is 0.554. The second-order valence-electron chi connectivity index (χ2n) is 7.57. The van der Waals surface area contributed by atoms with Gasteiger partial charge >= 0.3 is 5.97 Å². The molecular formula is C24H22N4O3S. The van der Waals surface area contributed by atoms with E-state index in [0.717, 1.165) is 23.1 Å². The van der Waals surface area contributed by atoms with E-state index in [4.69, 9.17) is 4.74 Å². The largest absolute Gasteiger partial charge is 0.423 e. The lowest BCUT2D eigenvalue weighted by molar-refractivity contribution is -0.145. The van der Waals surface area contributed by atoms with Crippen molar-refractivity contribution in [2.24, 2.45) is 0 Å². The number of H-pyrrole nitrogens is 1. The fraction of sp³-hybridized carbons (Fsp3) is 0.208. The van der Waals surface area contributed by atoms with Gasteiger partial charge in [0.05, 0.1) is 22.5 Å². The number of carbonyl (C=O) groups is 2. The maximum Gasteiger partial charge on any atom is 0.334 e. The molecule has 32 heavy (non-hydrogen) atoms. The second-order valence-corrected chi connectivity index (χ2v) is 8.54. The fourth-order valence-corrected chi connectivity index (χ4v) is 4.72. The van der Waals surface area contributed by atoms with Crippen molar-refractivity contribution >= 4 is 34.7 Å². The Labute approximate surface area is 189 Å². The number of fused-ring (bicyclic) bond motifs is 1. The van der Waals surface area contributed by atoms with E-state index in [9.17, 15) is 9.59 Å². The summed E-state index contributed by atoms with van der Waals surface area (Å²) in [5, 5.41) is 0.693. The highest BCUT2D eigenvalue weighted by atomic mass is 32.2. The maximum absolute atomic E-state index is 13.0. The Hall–Kier alpha value is -3.52. The second kappa shape index (κ2) is 8.92. The first kappa shape index (κ1) is 20.4. The molecule has 5 rings (SSSR count). The number of ether oxygens (including phenoxy) is 1. The Morgan fingerprint density at radius 3 is 2.69 bits per heavy atom. The highest BCUT2D eigenvalue weighted by Gasteiger charge is 2.35. The summed E-state index contributed by atoms with van der Waals surface area (Å²) in [5.41, 5.74) is 2.58. The topological polar surface area (TPSA) is 80.2 Å². The van der Waals surface area contributed by atoms with Crippen LogP contribution in [0.2, 0.25) is 0 Å². The number of aromatic amines is 1. The van der Waals surface area contributed by atoms with E-state index in [-0.39, 0.29) is 11.7 Å². The molecule has 0 spiro atoms. The number of esters is 1. The van der Waals surface area contributed by atoms with E-state index in [2.05, 4.69) is 9.97 Å². The number of likely N-dealkylation sites (tertiary alicyclic amines) is 1. The molecule has 2 aromatic heterocycles. The average molecular weight is 447 g/mol. The lowest BCUT2D eigenvalue weighted by atomic mass is 10.2. The molecule has 3 heterocycles. The SMILES string of the molecule is O=C(Oc1ccccc1-n1cccc1)[C@@H]1CCCN1C(=O)CSc1nc2ccccc2[nH]1. The van der Waals surface area contributed by atoms with Gasteiger partial charge in [-0.15, -0.1) is 0 Å². The molecular weight excluding hydrogens is 424 g/mol. The van der Waals surface area contributed by atoms with Crippen molar-refractivity contribution in [1.29, 1.82) is 0 Å². The molecule has 1 aliphatic rings. The molecule has 2 aromatic carbocycles. The number of aromatic nitrogens is 3. The van der Waals surface area contributed by atoms with Crippen LogP contribution < -0.4 is 4.74 Å². The van der Waals surface area contributed by atoms with E-state index in [1.54, 1.807) is 11.0 Å². The quantitative estimate of drug-likeness (QED) is 0.275. The highest BCUT2D eigenvalue weighted by molar-refractivity contribution is 7.99. The number of para-hydroxylation sites is 4. The lowest BCUT2D eigenvalue weighted by Gasteiger charge is -2.23. The standard InChI is InChI=1S/C24H22N4O3S/c29-22(16-32-24-25-17-8-1-2-9-18(17)26-24)28-15-7-11-20(28)23(30)31-21-12-4-3-10-19(21)27-13-5-6-14-27/h1-6,8-10,12-14,20H,7,11,15-16H2,(H,25,26)/t20-/m0/s1. The zero-order chi connectivity index (χ0) is 21.9. The molecule has 0 bridgehead atoms. The molecule has 1 amide bonds. The van der Waals surface area contributed by atoms with Crippen LogP contribution >= 0.6 is 11.8 Å². The zero-order valence-corrected chi connectivity index (χ0v) is 18.1. The minimum atomic E-state index is -0.573. The van der Waals surface area contributed by atoms with Gasteiger partial charge in [0.15, 0.2) is 10.9 Å². The third-order valence-corrected chi connectivity index (χ3v) is 6.36. The van der Waals surface area contributed by atoms with Gasteiger partial charge in [0.1, 0.15) is 6.04 Å². The number of rotatable bonds is 6. The molecule has 1 saturated heterocycles. The predicted molar refractivity (Wildman–Crippen MR) is 123 cm³/mol. The van der Waals surface area contributed by atoms with Crippen LogP contribution in [0.4, 0.5) is 0 Å². The summed E-state index contributed by atoms with van der Waals surface area (Å²) in [6, 6.07) is 18.4. The molecule has 1 atom stereocenters. The van der Waals surface area contributed by atoms with E-state index < -0.39 is 12.0 Å². The van der Waals surface area contributed by atoms with Crippen LogP contribution in [-0.4, -0.2) is 49.7 Å². The third kappa shape index (κ3) is 4.13. The number of hydrogen-bond acceptors (Lipinski definition) is 5. The predicted octanol–water partition coefficient (Wildman–Crippen LogP) is 4.04. The Morgan fingerprint density at radius 2 is 1.84 bits per heavy atom. The number of hydrogen-bond donors (Lipinski definition) is 1. The molecule has 0 saturated carbocycles. The van der Waals surface area contributed by atoms with Gasteiger partial charge in [-0.2, -0.15) is 0 Å². The molecule has 162 valence electrons. The number of nitrogens with zero attached hydrogens (tertiary/aromatic N) is 3. The minimum Gasteiger partial charge on any atom is -0.423 e. The van der Waals surface area contributed by atoms with E-state index >= 15 is 0 Å². The van der Waals surface area contributed by atoms with Crippen molar-refractivity contribution in [3.63, 3.8) is 0 Å². The smallest absolute Gasteiger partial charge is 0.334 e. The van der Waals surface area contributed by atoms with Gasteiger partial charge in [-0.1, -0.05) is 36.0 Å². The molecule has 0 unspecified atom stereocenters. The van der Waals surface area contributed by atoms with Gasteiger partial charge in [0, 0.05) is 18.9 Å². The van der Waals surface area contributed by atoms with Gasteiger partial charge in [0.2, 0.25) is 5.91 Å². The molecule has 8 heteroatoms. The Morgan fingerprint density at radius 1 is 1.06 bits per heavy atom. The van der Waals surface area contributed by atoms with Crippen molar-refractivity contribution in [1.82, 2.24) is 19.4 Å². The first-order valence-corrected chi connectivity index (χ1v) is 11.5. The number of thioether (sulfide) groups is 1. The molecule has 0 aliphatic carbocycles. The van der Waals surface area contributed by atoms with E-state index in [1.165, 1.54) is 11.8 Å². The fourth-order valence-electron chi connectivity index (χ4n) is 3.95. The van der Waals surface area contributed by atoms with Gasteiger partial charge in [0.25, 0.3) is 0 Å². The van der Waals surface area contributed by atoms with Crippen LogP contribution in [0.1, 0.15) is 12.8 Å². The average Bonchev–Trinajstić information content (AvgIpc) is 3.58. The van der Waals surface area contributed by atoms with Crippen molar-refractivity contribution in [3.8, 4) is 11.4 Å².